The molecule has 0 amide bonds. The summed E-state index contributed by atoms with van der Waals surface area (Å²) in [4.78, 5) is 0. The van der Waals surface area contributed by atoms with Crippen LogP contribution in [-0.2, 0) is 4.74 Å². The van der Waals surface area contributed by atoms with Crippen molar-refractivity contribution in [1.29, 1.82) is 0 Å². The third-order valence-electron chi connectivity index (χ3n) is 4.29. The van der Waals surface area contributed by atoms with Crippen molar-refractivity contribution < 1.29 is 9.13 Å². The summed E-state index contributed by atoms with van der Waals surface area (Å²) >= 11 is 0. The smallest absolute Gasteiger partial charge is 0.123 e. The van der Waals surface area contributed by atoms with E-state index in [4.69, 9.17) is 10.6 Å². The molecular weight excluding hydrogens is 255 g/mol. The van der Waals surface area contributed by atoms with Crippen LogP contribution in [0.5, 0.6) is 0 Å². The Morgan fingerprint density at radius 3 is 2.45 bits per heavy atom. The predicted octanol–water partition coefficient (Wildman–Crippen LogP) is 3.23. The summed E-state index contributed by atoms with van der Waals surface area (Å²) < 4.78 is 19.4. The van der Waals surface area contributed by atoms with Gasteiger partial charge in [0.05, 0.1) is 17.2 Å². The quantitative estimate of drug-likeness (QED) is 0.660. The number of hydrogen-bond donors (Lipinski definition) is 2. The number of hydrogen-bond acceptors (Lipinski definition) is 3. The van der Waals surface area contributed by atoms with Crippen LogP contribution >= 0.6 is 0 Å². The second-order valence-corrected chi connectivity index (χ2v) is 6.92. The van der Waals surface area contributed by atoms with Crippen LogP contribution in [0.25, 0.3) is 0 Å². The van der Waals surface area contributed by atoms with E-state index in [0.29, 0.717) is 0 Å². The van der Waals surface area contributed by atoms with Crippen LogP contribution in [0.3, 0.4) is 0 Å². The molecule has 0 bridgehead atoms. The van der Waals surface area contributed by atoms with E-state index in [0.717, 1.165) is 17.5 Å². The van der Waals surface area contributed by atoms with Crippen LogP contribution in [0.15, 0.2) is 18.2 Å². The summed E-state index contributed by atoms with van der Waals surface area (Å²) in [5, 5.41) is 0. The molecule has 1 aliphatic heterocycles. The Hall–Kier alpha value is -0.970. The van der Waals surface area contributed by atoms with Crippen molar-refractivity contribution in [3.05, 3.63) is 35.1 Å². The van der Waals surface area contributed by atoms with E-state index >= 15 is 0 Å². The van der Waals surface area contributed by atoms with Gasteiger partial charge in [-0.05, 0) is 64.3 Å². The van der Waals surface area contributed by atoms with Gasteiger partial charge in [-0.25, -0.2) is 4.39 Å². The molecule has 0 spiro atoms. The lowest BCUT2D eigenvalue weighted by atomic mass is 9.78. The minimum absolute atomic E-state index is 0.0487. The molecule has 1 aromatic carbocycles. The van der Waals surface area contributed by atoms with Crippen LogP contribution in [-0.4, -0.2) is 11.2 Å². The van der Waals surface area contributed by atoms with Gasteiger partial charge in [-0.2, -0.15) is 0 Å². The highest BCUT2D eigenvalue weighted by atomic mass is 19.1. The fraction of sp³-hybridized carbons (Fsp3) is 0.625. The SMILES string of the molecule is Cc1cc(F)ccc1C(NN)C1CC(C)(C)OC1(C)C. The number of benzene rings is 1. The molecule has 0 aliphatic carbocycles. The van der Waals surface area contributed by atoms with Crippen molar-refractivity contribution in [2.75, 3.05) is 0 Å². The van der Waals surface area contributed by atoms with E-state index in [1.807, 2.05) is 13.0 Å². The molecule has 1 fully saturated rings. The summed E-state index contributed by atoms with van der Waals surface area (Å²) in [5.74, 6) is 5.81. The number of rotatable bonds is 3. The summed E-state index contributed by atoms with van der Waals surface area (Å²) in [6.07, 6.45) is 0.908. The van der Waals surface area contributed by atoms with Crippen molar-refractivity contribution in [2.45, 2.75) is 58.3 Å². The van der Waals surface area contributed by atoms with Crippen molar-refractivity contribution in [3.63, 3.8) is 0 Å². The third-order valence-corrected chi connectivity index (χ3v) is 4.29. The Balaban J connectivity index is 2.37. The van der Waals surface area contributed by atoms with Crippen molar-refractivity contribution in [1.82, 2.24) is 5.43 Å². The maximum absolute atomic E-state index is 13.3. The van der Waals surface area contributed by atoms with Gasteiger partial charge in [-0.15, -0.1) is 0 Å². The van der Waals surface area contributed by atoms with Crippen molar-refractivity contribution in [2.24, 2.45) is 11.8 Å². The number of nitrogens with one attached hydrogen (secondary N) is 1. The number of ether oxygens (including phenoxy) is 1. The largest absolute Gasteiger partial charge is 0.369 e. The second kappa shape index (κ2) is 5.10. The molecule has 1 saturated heterocycles. The van der Waals surface area contributed by atoms with Crippen LogP contribution in [0, 0.1) is 18.7 Å². The lowest BCUT2D eigenvalue weighted by Gasteiger charge is -2.33. The van der Waals surface area contributed by atoms with Crippen LogP contribution < -0.4 is 11.3 Å². The minimum Gasteiger partial charge on any atom is -0.369 e. The molecule has 3 nitrogen and oxygen atoms in total. The topological polar surface area (TPSA) is 47.3 Å². The molecule has 0 saturated carbocycles. The van der Waals surface area contributed by atoms with Gasteiger partial charge in [-0.3, -0.25) is 11.3 Å². The maximum Gasteiger partial charge on any atom is 0.123 e. The minimum atomic E-state index is -0.276. The first kappa shape index (κ1) is 15.4. The van der Waals surface area contributed by atoms with Gasteiger partial charge < -0.3 is 4.74 Å². The van der Waals surface area contributed by atoms with Crippen LogP contribution in [0.4, 0.5) is 4.39 Å². The molecule has 4 heteroatoms. The van der Waals surface area contributed by atoms with E-state index in [1.54, 1.807) is 6.07 Å². The standard InChI is InChI=1S/C16H25FN2O/c1-10-8-11(17)6-7-12(10)14(19-18)13-9-15(2,3)20-16(13,4)5/h6-8,13-14,19H,9,18H2,1-5H3. The highest BCUT2D eigenvalue weighted by Crippen LogP contribution is 2.47. The molecule has 2 atom stereocenters. The molecule has 2 rings (SSSR count). The maximum atomic E-state index is 13.3. The molecule has 1 aromatic rings. The first-order valence-electron chi connectivity index (χ1n) is 7.09. The summed E-state index contributed by atoms with van der Waals surface area (Å²) in [6.45, 7) is 10.3. The summed E-state index contributed by atoms with van der Waals surface area (Å²) in [6, 6.07) is 4.80. The number of halogens is 1. The van der Waals surface area contributed by atoms with E-state index in [9.17, 15) is 4.39 Å². The molecular formula is C16H25FN2O. The Morgan fingerprint density at radius 1 is 1.35 bits per heavy atom. The van der Waals surface area contributed by atoms with E-state index in [-0.39, 0.29) is 29.0 Å². The average Bonchev–Trinajstić information content (AvgIpc) is 2.51. The van der Waals surface area contributed by atoms with Crippen molar-refractivity contribution in [3.8, 4) is 0 Å². The lowest BCUT2D eigenvalue weighted by molar-refractivity contribution is -0.0779. The van der Waals surface area contributed by atoms with Gasteiger partial charge in [-0.1, -0.05) is 6.07 Å². The van der Waals surface area contributed by atoms with Gasteiger partial charge in [0.25, 0.3) is 0 Å². The van der Waals surface area contributed by atoms with Gasteiger partial charge >= 0.3 is 0 Å². The van der Waals surface area contributed by atoms with E-state index < -0.39 is 0 Å². The zero-order chi connectivity index (χ0) is 15.1. The third kappa shape index (κ3) is 2.87. The Kier molecular flexibility index (Phi) is 3.93. The molecule has 3 N–H and O–H groups in total. The number of aryl methyl sites for hydroxylation is 1. The zero-order valence-electron chi connectivity index (χ0n) is 13.0. The summed E-state index contributed by atoms with van der Waals surface area (Å²) in [7, 11) is 0. The number of hydrazine groups is 1. The highest BCUT2D eigenvalue weighted by molar-refractivity contribution is 5.31. The molecule has 1 heterocycles. The fourth-order valence-corrected chi connectivity index (χ4v) is 3.53. The summed E-state index contributed by atoms with van der Waals surface area (Å²) in [5.41, 5.74) is 4.41. The molecule has 2 unspecified atom stereocenters. The molecule has 0 aromatic heterocycles. The Morgan fingerprint density at radius 2 is 2.00 bits per heavy atom. The lowest BCUT2D eigenvalue weighted by Crippen LogP contribution is -2.41. The van der Waals surface area contributed by atoms with E-state index in [1.165, 1.54) is 6.07 Å². The first-order chi connectivity index (χ1) is 9.16. The monoisotopic (exact) mass is 280 g/mol. The van der Waals surface area contributed by atoms with Gasteiger partial charge in [0.1, 0.15) is 5.82 Å². The Labute approximate surface area is 120 Å². The normalized spacial score (nSPS) is 25.6. The molecule has 0 radical (unpaired) electrons. The average molecular weight is 280 g/mol. The van der Waals surface area contributed by atoms with Crippen molar-refractivity contribution >= 4 is 0 Å². The zero-order valence-corrected chi connectivity index (χ0v) is 13.0. The van der Waals surface area contributed by atoms with Gasteiger partial charge in [0.15, 0.2) is 0 Å². The van der Waals surface area contributed by atoms with E-state index in [2.05, 4.69) is 33.1 Å². The Bertz CT molecular complexity index is 499. The highest BCUT2D eigenvalue weighted by Gasteiger charge is 2.49. The molecule has 112 valence electrons. The molecule has 20 heavy (non-hydrogen) atoms. The van der Waals surface area contributed by atoms with Crippen LogP contribution in [0.1, 0.15) is 51.3 Å². The van der Waals surface area contributed by atoms with Gasteiger partial charge in [0.2, 0.25) is 0 Å². The number of nitrogens with two attached hydrogens (primary N) is 1. The van der Waals surface area contributed by atoms with Gasteiger partial charge in [0, 0.05) is 5.92 Å². The first-order valence-corrected chi connectivity index (χ1v) is 7.09. The predicted molar refractivity (Wildman–Crippen MR) is 78.6 cm³/mol. The van der Waals surface area contributed by atoms with Crippen LogP contribution in [0.2, 0.25) is 0 Å². The second-order valence-electron chi connectivity index (χ2n) is 6.92. The fourth-order valence-electron chi connectivity index (χ4n) is 3.53. The molecule has 1 aliphatic rings.